The number of fused-ring (bicyclic) bond motifs is 2. The molecule has 6 rings (SSSR count). The number of piperazine rings is 1. The third-order valence-corrected chi connectivity index (χ3v) is 6.31. The van der Waals surface area contributed by atoms with Crippen LogP contribution in [0.1, 0.15) is 0 Å². The zero-order chi connectivity index (χ0) is 21.7. The standard InChI is InChI=1S/C25H24N6O.3ClH/c1-30-8-10-31(11-9-30)18-13-20(16-2-5-19(32)6-3-16)24-23(14-18)28-25(29-24)17-4-7-21-22(12-17)27-15-26-21;;;/h2-7,12-15,32H,8-11H2,1H3,(H,26,27)(H,28,29);3*1H. The van der Waals surface area contributed by atoms with E-state index in [0.717, 1.165) is 70.8 Å². The minimum atomic E-state index is 0. The number of hydrogen-bond donors (Lipinski definition) is 3. The molecule has 10 heteroatoms. The Morgan fingerprint density at radius 3 is 2.29 bits per heavy atom. The number of halogens is 3. The summed E-state index contributed by atoms with van der Waals surface area (Å²) in [7, 11) is 2.17. The first-order valence-corrected chi connectivity index (χ1v) is 10.8. The van der Waals surface area contributed by atoms with Gasteiger partial charge in [-0.1, -0.05) is 12.1 Å². The van der Waals surface area contributed by atoms with Crippen LogP contribution in [0.15, 0.2) is 60.9 Å². The van der Waals surface area contributed by atoms with Crippen LogP contribution < -0.4 is 4.90 Å². The average molecular weight is 534 g/mol. The Balaban J connectivity index is 0.00000114. The Bertz CT molecular complexity index is 1420. The molecule has 0 spiro atoms. The molecule has 0 bridgehead atoms. The normalized spacial score (nSPS) is 13.8. The minimum Gasteiger partial charge on any atom is -0.508 e. The summed E-state index contributed by atoms with van der Waals surface area (Å²) in [5.74, 6) is 1.09. The van der Waals surface area contributed by atoms with Gasteiger partial charge in [0, 0.05) is 43.0 Å². The summed E-state index contributed by atoms with van der Waals surface area (Å²) < 4.78 is 0. The monoisotopic (exact) mass is 532 g/mol. The molecule has 0 atom stereocenters. The van der Waals surface area contributed by atoms with Gasteiger partial charge in [0.1, 0.15) is 11.6 Å². The molecule has 3 aromatic carbocycles. The number of nitrogens with one attached hydrogen (secondary N) is 2. The lowest BCUT2D eigenvalue weighted by atomic mass is 10.0. The Kier molecular flexibility index (Phi) is 8.18. The maximum Gasteiger partial charge on any atom is 0.138 e. The van der Waals surface area contributed by atoms with Gasteiger partial charge in [0.25, 0.3) is 0 Å². The highest BCUT2D eigenvalue weighted by atomic mass is 35.5. The fourth-order valence-electron chi connectivity index (χ4n) is 4.43. The van der Waals surface area contributed by atoms with Gasteiger partial charge in [-0.3, -0.25) is 0 Å². The lowest BCUT2D eigenvalue weighted by molar-refractivity contribution is 0.313. The Hall–Kier alpha value is -2.97. The predicted octanol–water partition coefficient (Wildman–Crippen LogP) is 5.50. The topological polar surface area (TPSA) is 84.1 Å². The molecule has 1 aliphatic rings. The molecule has 5 aromatic rings. The highest BCUT2D eigenvalue weighted by Gasteiger charge is 2.19. The third kappa shape index (κ3) is 5.04. The predicted molar refractivity (Wildman–Crippen MR) is 150 cm³/mol. The fraction of sp³-hybridized carbons (Fsp3) is 0.200. The number of anilines is 1. The van der Waals surface area contributed by atoms with Gasteiger partial charge in [-0.2, -0.15) is 0 Å². The van der Waals surface area contributed by atoms with Crippen molar-refractivity contribution in [2.24, 2.45) is 0 Å². The number of imidazole rings is 2. The van der Waals surface area contributed by atoms with E-state index < -0.39 is 0 Å². The van der Waals surface area contributed by atoms with Crippen LogP contribution in [-0.4, -0.2) is 63.2 Å². The number of likely N-dealkylation sites (N-methyl/N-ethyl adjacent to an activating group) is 1. The van der Waals surface area contributed by atoms with Gasteiger partial charge in [-0.05, 0) is 55.1 Å². The van der Waals surface area contributed by atoms with E-state index in [1.807, 2.05) is 24.3 Å². The zero-order valence-corrected chi connectivity index (χ0v) is 21.5. The van der Waals surface area contributed by atoms with Crippen LogP contribution in [0.4, 0.5) is 5.69 Å². The lowest BCUT2D eigenvalue weighted by Gasteiger charge is -2.34. The summed E-state index contributed by atoms with van der Waals surface area (Å²) in [6.45, 7) is 4.08. The van der Waals surface area contributed by atoms with Crippen LogP contribution in [0, 0.1) is 0 Å². The van der Waals surface area contributed by atoms with E-state index in [1.54, 1.807) is 18.5 Å². The molecule has 3 heterocycles. The molecule has 0 aliphatic carbocycles. The molecule has 7 nitrogen and oxygen atoms in total. The van der Waals surface area contributed by atoms with Gasteiger partial charge in [0.2, 0.25) is 0 Å². The van der Waals surface area contributed by atoms with Gasteiger partial charge in [0.15, 0.2) is 0 Å². The number of phenolic OH excluding ortho intramolecular Hbond substituents is 1. The number of hydrogen-bond acceptors (Lipinski definition) is 5. The number of aromatic nitrogens is 4. The molecule has 0 saturated carbocycles. The largest absolute Gasteiger partial charge is 0.508 e. The number of aromatic amines is 2. The molecule has 1 aliphatic heterocycles. The number of rotatable bonds is 3. The number of H-pyrrole nitrogens is 2. The Labute approximate surface area is 221 Å². The lowest BCUT2D eigenvalue weighted by Crippen LogP contribution is -2.44. The molecule has 0 radical (unpaired) electrons. The second-order valence-electron chi connectivity index (χ2n) is 8.45. The van der Waals surface area contributed by atoms with E-state index in [4.69, 9.17) is 4.98 Å². The molecule has 35 heavy (non-hydrogen) atoms. The molecule has 3 N–H and O–H groups in total. The highest BCUT2D eigenvalue weighted by Crippen LogP contribution is 2.35. The molecule has 1 saturated heterocycles. The van der Waals surface area contributed by atoms with Crippen LogP contribution in [0.2, 0.25) is 0 Å². The van der Waals surface area contributed by atoms with Crippen LogP contribution in [0.5, 0.6) is 5.75 Å². The first-order chi connectivity index (χ1) is 15.6. The molecular formula is C25H27Cl3N6O. The van der Waals surface area contributed by atoms with Crippen molar-refractivity contribution in [2.75, 3.05) is 38.1 Å². The van der Waals surface area contributed by atoms with Crippen molar-refractivity contribution in [1.29, 1.82) is 0 Å². The number of nitrogens with zero attached hydrogens (tertiary/aromatic N) is 4. The number of aromatic hydroxyl groups is 1. The van der Waals surface area contributed by atoms with Gasteiger partial charge in [-0.15, -0.1) is 37.2 Å². The number of benzene rings is 3. The summed E-state index contributed by atoms with van der Waals surface area (Å²) in [6, 6.07) is 17.9. The van der Waals surface area contributed by atoms with Gasteiger partial charge >= 0.3 is 0 Å². The summed E-state index contributed by atoms with van der Waals surface area (Å²) in [5.41, 5.74) is 8.14. The van der Waals surface area contributed by atoms with Crippen molar-refractivity contribution in [3.63, 3.8) is 0 Å². The average Bonchev–Trinajstić information content (AvgIpc) is 3.46. The maximum atomic E-state index is 9.78. The molecule has 2 aromatic heterocycles. The smallest absolute Gasteiger partial charge is 0.138 e. The van der Waals surface area contributed by atoms with Crippen molar-refractivity contribution in [3.05, 3.63) is 60.9 Å². The second-order valence-corrected chi connectivity index (χ2v) is 8.45. The third-order valence-electron chi connectivity index (χ3n) is 6.31. The SMILES string of the molecule is CN1CCN(c2cc(-c3ccc(O)cc3)c3nc(-c4ccc5nc[nH]c5c4)[nH]c3c2)CC1.Cl.Cl.Cl. The molecular weight excluding hydrogens is 507 g/mol. The summed E-state index contributed by atoms with van der Waals surface area (Å²) in [4.78, 5) is 20.8. The first kappa shape index (κ1) is 26.6. The van der Waals surface area contributed by atoms with E-state index in [2.05, 4.69) is 50.0 Å². The Morgan fingerprint density at radius 1 is 0.829 bits per heavy atom. The van der Waals surface area contributed by atoms with E-state index in [9.17, 15) is 5.11 Å². The van der Waals surface area contributed by atoms with E-state index in [0.29, 0.717) is 0 Å². The first-order valence-electron chi connectivity index (χ1n) is 10.8. The van der Waals surface area contributed by atoms with Gasteiger partial charge in [-0.25, -0.2) is 9.97 Å². The highest BCUT2D eigenvalue weighted by molar-refractivity contribution is 5.97. The summed E-state index contributed by atoms with van der Waals surface area (Å²) >= 11 is 0. The van der Waals surface area contributed by atoms with E-state index in [-0.39, 0.29) is 43.0 Å². The van der Waals surface area contributed by atoms with Crippen LogP contribution in [-0.2, 0) is 0 Å². The fourth-order valence-corrected chi connectivity index (χ4v) is 4.43. The molecule has 0 amide bonds. The second kappa shape index (κ2) is 10.7. The van der Waals surface area contributed by atoms with Gasteiger partial charge < -0.3 is 24.9 Å². The van der Waals surface area contributed by atoms with Crippen LogP contribution in [0.25, 0.3) is 44.6 Å². The molecule has 1 fully saturated rings. The van der Waals surface area contributed by atoms with Crippen molar-refractivity contribution < 1.29 is 5.11 Å². The van der Waals surface area contributed by atoms with Crippen molar-refractivity contribution in [1.82, 2.24) is 24.8 Å². The van der Waals surface area contributed by atoms with Crippen molar-refractivity contribution in [2.45, 2.75) is 0 Å². The van der Waals surface area contributed by atoms with Crippen LogP contribution in [0.3, 0.4) is 0 Å². The molecule has 0 unspecified atom stereocenters. The number of phenols is 1. The van der Waals surface area contributed by atoms with Crippen molar-refractivity contribution in [3.8, 4) is 28.3 Å². The zero-order valence-electron chi connectivity index (χ0n) is 19.1. The molecule has 184 valence electrons. The van der Waals surface area contributed by atoms with Crippen LogP contribution >= 0.6 is 37.2 Å². The quantitative estimate of drug-likeness (QED) is 0.285. The minimum absolute atomic E-state index is 0. The maximum absolute atomic E-state index is 9.78. The van der Waals surface area contributed by atoms with Gasteiger partial charge in [0.05, 0.1) is 28.4 Å². The summed E-state index contributed by atoms with van der Waals surface area (Å²) in [5, 5.41) is 9.78. The Morgan fingerprint density at radius 2 is 1.54 bits per heavy atom. The van der Waals surface area contributed by atoms with Crippen molar-refractivity contribution >= 4 is 65.0 Å². The summed E-state index contributed by atoms with van der Waals surface area (Å²) in [6.07, 6.45) is 1.71. The van der Waals surface area contributed by atoms with E-state index in [1.165, 1.54) is 5.69 Å². The van der Waals surface area contributed by atoms with E-state index >= 15 is 0 Å².